The Kier molecular flexibility index (Phi) is 4.66. The molecule has 2 nitrogen and oxygen atoms in total. The first-order chi connectivity index (χ1) is 16.1. The fourth-order valence-corrected chi connectivity index (χ4v) is 10.1. The minimum absolute atomic E-state index is 0.472. The van der Waals surface area contributed by atoms with Crippen molar-refractivity contribution in [2.75, 3.05) is 19.6 Å². The van der Waals surface area contributed by atoms with Crippen LogP contribution in [0.3, 0.4) is 0 Å². The van der Waals surface area contributed by atoms with E-state index in [0.717, 1.165) is 16.9 Å². The SMILES string of the molecule is CC(NC1CCN(CCc2ccccc2)CC1)C12CC3CC4CC(c5ccc(Cl)cc5)(C1)C432. The van der Waals surface area contributed by atoms with Gasteiger partial charge in [0.05, 0.1) is 0 Å². The van der Waals surface area contributed by atoms with Crippen molar-refractivity contribution in [3.63, 3.8) is 0 Å². The van der Waals surface area contributed by atoms with Gasteiger partial charge in [-0.05, 0) is 111 Å². The van der Waals surface area contributed by atoms with E-state index in [0.29, 0.717) is 28.3 Å². The molecule has 1 aliphatic heterocycles. The zero-order valence-corrected chi connectivity index (χ0v) is 20.7. The average molecular weight is 461 g/mol. The van der Waals surface area contributed by atoms with Crippen LogP contribution in [0.5, 0.6) is 0 Å². The summed E-state index contributed by atoms with van der Waals surface area (Å²) in [6.45, 7) is 6.23. The highest BCUT2D eigenvalue weighted by Crippen LogP contribution is 2.97. The summed E-state index contributed by atoms with van der Waals surface area (Å²) in [5.74, 6) is 1.98. The molecule has 1 heterocycles. The van der Waals surface area contributed by atoms with Gasteiger partial charge in [-0.1, -0.05) is 54.1 Å². The lowest BCUT2D eigenvalue weighted by atomic mass is 9.07. The Morgan fingerprint density at radius 3 is 2.42 bits per heavy atom. The molecule has 5 fully saturated rings. The average Bonchev–Trinajstić information content (AvgIpc) is 2.78. The van der Waals surface area contributed by atoms with Crippen LogP contribution in [0, 0.1) is 22.7 Å². The summed E-state index contributed by atoms with van der Waals surface area (Å²) >= 11 is 6.23. The molecule has 1 N–H and O–H groups in total. The Bertz CT molecular complexity index is 1020. The standard InChI is InChI=1S/C30H37ClN2/c1-21(32-27-12-15-33(16-13-27)14-11-22-5-3-2-4-6-22)28-18-24-17-25-19-29(20-28,30(24,25)28)23-7-9-26(31)10-8-23/h2-10,21,24-25,27,32H,11-20H2,1H3. The third kappa shape index (κ3) is 2.64. The summed E-state index contributed by atoms with van der Waals surface area (Å²) in [5.41, 5.74) is 4.70. The number of rotatable bonds is 7. The molecule has 2 aromatic carbocycles. The van der Waals surface area contributed by atoms with Crippen LogP contribution in [0.1, 0.15) is 56.6 Å². The van der Waals surface area contributed by atoms with Gasteiger partial charge in [0, 0.05) is 29.1 Å². The summed E-state index contributed by atoms with van der Waals surface area (Å²) in [4.78, 5) is 2.68. The molecule has 0 radical (unpaired) electrons. The Labute approximate surface area is 204 Å². The second kappa shape index (κ2) is 7.33. The first-order valence-electron chi connectivity index (χ1n) is 13.4. The van der Waals surface area contributed by atoms with Gasteiger partial charge in [-0.3, -0.25) is 0 Å². The maximum atomic E-state index is 6.23. The second-order valence-electron chi connectivity index (χ2n) is 12.1. The largest absolute Gasteiger partial charge is 0.311 e. The molecule has 4 saturated carbocycles. The third-order valence-electron chi connectivity index (χ3n) is 11.2. The van der Waals surface area contributed by atoms with Crippen LogP contribution in [0.25, 0.3) is 0 Å². The molecule has 6 unspecified atom stereocenters. The molecule has 0 bridgehead atoms. The third-order valence-corrected chi connectivity index (χ3v) is 11.4. The monoisotopic (exact) mass is 460 g/mol. The smallest absolute Gasteiger partial charge is 0.0406 e. The molecular weight excluding hydrogens is 424 g/mol. The van der Waals surface area contributed by atoms with Crippen molar-refractivity contribution in [1.29, 1.82) is 0 Å². The highest BCUT2D eigenvalue weighted by molar-refractivity contribution is 6.30. The van der Waals surface area contributed by atoms with E-state index in [1.807, 2.05) is 0 Å². The summed E-state index contributed by atoms with van der Waals surface area (Å²) in [7, 11) is 0. The lowest BCUT2D eigenvalue weighted by molar-refractivity contribution is -0.454. The molecule has 2 aromatic rings. The molecule has 0 amide bonds. The van der Waals surface area contributed by atoms with Gasteiger partial charge in [0.1, 0.15) is 0 Å². The normalized spacial score (nSPS) is 39.8. The Hall–Kier alpha value is -1.35. The lowest BCUT2D eigenvalue weighted by Crippen LogP contribution is -2.94. The lowest BCUT2D eigenvalue weighted by Gasteiger charge is -2.97. The molecule has 4 aliphatic carbocycles. The van der Waals surface area contributed by atoms with Crippen molar-refractivity contribution in [2.24, 2.45) is 22.7 Å². The number of halogens is 1. The van der Waals surface area contributed by atoms with E-state index >= 15 is 0 Å². The van der Waals surface area contributed by atoms with Gasteiger partial charge in [-0.25, -0.2) is 0 Å². The van der Waals surface area contributed by atoms with E-state index in [9.17, 15) is 0 Å². The van der Waals surface area contributed by atoms with Crippen molar-refractivity contribution < 1.29 is 0 Å². The molecule has 5 aliphatic rings. The summed E-state index contributed by atoms with van der Waals surface area (Å²) in [6.07, 6.45) is 9.59. The number of piperidine rings is 1. The zero-order valence-electron chi connectivity index (χ0n) is 19.9. The first kappa shape index (κ1) is 21.0. The van der Waals surface area contributed by atoms with Gasteiger partial charge < -0.3 is 10.2 Å². The molecule has 3 heteroatoms. The molecule has 0 aromatic heterocycles. The number of benzene rings is 2. The fraction of sp³-hybridized carbons (Fsp3) is 0.600. The van der Waals surface area contributed by atoms with E-state index in [1.165, 1.54) is 70.1 Å². The maximum Gasteiger partial charge on any atom is 0.0406 e. The predicted molar refractivity (Wildman–Crippen MR) is 136 cm³/mol. The van der Waals surface area contributed by atoms with Crippen molar-refractivity contribution in [1.82, 2.24) is 10.2 Å². The maximum absolute atomic E-state index is 6.23. The molecule has 1 spiro atoms. The number of nitrogens with zero attached hydrogens (tertiary/aromatic N) is 1. The predicted octanol–water partition coefficient (Wildman–Crippen LogP) is 6.08. The Morgan fingerprint density at radius 1 is 1.00 bits per heavy atom. The van der Waals surface area contributed by atoms with Gasteiger partial charge >= 0.3 is 0 Å². The number of hydrogen-bond acceptors (Lipinski definition) is 2. The van der Waals surface area contributed by atoms with Crippen LogP contribution in [-0.2, 0) is 11.8 Å². The molecule has 174 valence electrons. The molecule has 6 atom stereocenters. The van der Waals surface area contributed by atoms with Crippen LogP contribution >= 0.6 is 11.6 Å². The van der Waals surface area contributed by atoms with Crippen LogP contribution < -0.4 is 5.32 Å². The Morgan fingerprint density at radius 2 is 1.73 bits per heavy atom. The molecule has 7 rings (SSSR count). The van der Waals surface area contributed by atoms with Gasteiger partial charge in [0.2, 0.25) is 0 Å². The fourth-order valence-electron chi connectivity index (χ4n) is 9.94. The first-order valence-corrected chi connectivity index (χ1v) is 13.7. The van der Waals surface area contributed by atoms with E-state index in [2.05, 4.69) is 71.7 Å². The summed E-state index contributed by atoms with van der Waals surface area (Å²) in [6, 6.07) is 21.2. The minimum Gasteiger partial charge on any atom is -0.311 e. The number of nitrogens with one attached hydrogen (secondary N) is 1. The van der Waals surface area contributed by atoms with Crippen LogP contribution in [0.4, 0.5) is 0 Å². The van der Waals surface area contributed by atoms with Gasteiger partial charge in [0.15, 0.2) is 0 Å². The van der Waals surface area contributed by atoms with E-state index in [-0.39, 0.29) is 0 Å². The van der Waals surface area contributed by atoms with E-state index in [4.69, 9.17) is 11.6 Å². The quantitative estimate of drug-likeness (QED) is 0.538. The zero-order chi connectivity index (χ0) is 22.3. The van der Waals surface area contributed by atoms with Gasteiger partial charge in [-0.2, -0.15) is 0 Å². The van der Waals surface area contributed by atoms with Crippen LogP contribution in [0.15, 0.2) is 54.6 Å². The Balaban J connectivity index is 0.982. The topological polar surface area (TPSA) is 15.3 Å². The molecular formula is C30H37ClN2. The minimum atomic E-state index is 0.472. The summed E-state index contributed by atoms with van der Waals surface area (Å²) < 4.78 is 0. The second-order valence-corrected chi connectivity index (χ2v) is 12.5. The van der Waals surface area contributed by atoms with Crippen LogP contribution in [-0.4, -0.2) is 36.6 Å². The van der Waals surface area contributed by atoms with Crippen molar-refractivity contribution >= 4 is 11.6 Å². The highest BCUT2D eigenvalue weighted by Gasteiger charge is 2.94. The van der Waals surface area contributed by atoms with E-state index in [1.54, 1.807) is 5.56 Å². The summed E-state index contributed by atoms with van der Waals surface area (Å²) in [5, 5.41) is 5.06. The van der Waals surface area contributed by atoms with Crippen molar-refractivity contribution in [3.05, 3.63) is 70.7 Å². The highest BCUT2D eigenvalue weighted by atomic mass is 35.5. The van der Waals surface area contributed by atoms with E-state index < -0.39 is 0 Å². The molecule has 1 saturated heterocycles. The van der Waals surface area contributed by atoms with Crippen molar-refractivity contribution in [2.45, 2.75) is 69.4 Å². The van der Waals surface area contributed by atoms with Gasteiger partial charge in [0.25, 0.3) is 0 Å². The van der Waals surface area contributed by atoms with Crippen LogP contribution in [0.2, 0.25) is 5.02 Å². The number of hydrogen-bond donors (Lipinski definition) is 1. The number of likely N-dealkylation sites (tertiary alicyclic amines) is 1. The van der Waals surface area contributed by atoms with Gasteiger partial charge in [-0.15, -0.1) is 0 Å². The molecule has 33 heavy (non-hydrogen) atoms. The van der Waals surface area contributed by atoms with Crippen molar-refractivity contribution in [3.8, 4) is 0 Å².